The Kier molecular flexibility index (Phi) is 10.9. The van der Waals surface area contributed by atoms with Crippen LogP contribution in [0.15, 0.2) is 70.6 Å². The standard InChI is InChI=1S/C15H10N2O2.C6H16N2/c18-11-16-15(17-12-19,13-7-3-1-4-8-13)14-9-5-2-6-10-14;7-5-3-1-2-4-6-8/h1-10H;1-8H2. The van der Waals surface area contributed by atoms with Crippen molar-refractivity contribution in [1.82, 2.24) is 0 Å². The van der Waals surface area contributed by atoms with Gasteiger partial charge >= 0.3 is 0 Å². The number of unbranched alkanes of at least 4 members (excludes halogenated alkanes) is 3. The molecule has 4 N–H and O–H groups in total. The van der Waals surface area contributed by atoms with E-state index < -0.39 is 5.66 Å². The van der Waals surface area contributed by atoms with E-state index in [-0.39, 0.29) is 0 Å². The first kappa shape index (κ1) is 22.2. The maximum atomic E-state index is 10.8. The van der Waals surface area contributed by atoms with Crippen molar-refractivity contribution in [3.63, 3.8) is 0 Å². The topological polar surface area (TPSA) is 111 Å². The molecule has 142 valence electrons. The lowest BCUT2D eigenvalue weighted by Gasteiger charge is -2.22. The smallest absolute Gasteiger partial charge is 0.238 e. The second kappa shape index (κ2) is 13.3. The third kappa shape index (κ3) is 7.10. The van der Waals surface area contributed by atoms with E-state index >= 15 is 0 Å². The van der Waals surface area contributed by atoms with Gasteiger partial charge in [-0.05, 0) is 25.9 Å². The minimum Gasteiger partial charge on any atom is -0.330 e. The summed E-state index contributed by atoms with van der Waals surface area (Å²) >= 11 is 0. The molecular formula is C21H26N4O2. The lowest BCUT2D eigenvalue weighted by Crippen LogP contribution is -2.22. The highest BCUT2D eigenvalue weighted by molar-refractivity contribution is 5.49. The lowest BCUT2D eigenvalue weighted by molar-refractivity contribution is 0.516. The van der Waals surface area contributed by atoms with Gasteiger partial charge in [0.1, 0.15) is 0 Å². The number of carbonyl (C=O) groups excluding carboxylic acids is 2. The molecule has 6 nitrogen and oxygen atoms in total. The first-order valence-corrected chi connectivity index (χ1v) is 8.94. The molecule has 0 radical (unpaired) electrons. The van der Waals surface area contributed by atoms with Crippen LogP contribution in [-0.2, 0) is 15.3 Å². The molecule has 0 amide bonds. The molecule has 2 aromatic rings. The second-order valence-electron chi connectivity index (χ2n) is 5.80. The molecule has 6 heteroatoms. The molecule has 0 spiro atoms. The Labute approximate surface area is 160 Å². The van der Waals surface area contributed by atoms with E-state index in [4.69, 9.17) is 11.5 Å². The summed E-state index contributed by atoms with van der Waals surface area (Å²) < 4.78 is 0. The van der Waals surface area contributed by atoms with E-state index in [1.807, 2.05) is 12.1 Å². The Balaban J connectivity index is 0.000000387. The van der Waals surface area contributed by atoms with E-state index in [0.717, 1.165) is 25.9 Å². The number of nitrogens with two attached hydrogens (primary N) is 2. The minimum atomic E-state index is -1.41. The molecule has 0 aliphatic heterocycles. The van der Waals surface area contributed by atoms with Crippen molar-refractivity contribution in [1.29, 1.82) is 0 Å². The molecule has 0 fully saturated rings. The molecule has 0 aromatic heterocycles. The first-order valence-electron chi connectivity index (χ1n) is 8.94. The fourth-order valence-corrected chi connectivity index (χ4v) is 2.57. The number of hydrogen-bond donors (Lipinski definition) is 2. The van der Waals surface area contributed by atoms with Crippen molar-refractivity contribution in [2.24, 2.45) is 21.5 Å². The lowest BCUT2D eigenvalue weighted by atomic mass is 9.92. The summed E-state index contributed by atoms with van der Waals surface area (Å²) in [5.74, 6) is 0. The van der Waals surface area contributed by atoms with Crippen LogP contribution in [-0.4, -0.2) is 25.2 Å². The Morgan fingerprint density at radius 1 is 0.667 bits per heavy atom. The van der Waals surface area contributed by atoms with Crippen LogP contribution >= 0.6 is 0 Å². The average molecular weight is 366 g/mol. The Morgan fingerprint density at radius 2 is 1.04 bits per heavy atom. The van der Waals surface area contributed by atoms with Crippen LogP contribution in [0, 0.1) is 0 Å². The van der Waals surface area contributed by atoms with Crippen LogP contribution < -0.4 is 11.5 Å². The van der Waals surface area contributed by atoms with Gasteiger partial charge < -0.3 is 11.5 Å². The highest BCUT2D eigenvalue weighted by Gasteiger charge is 2.33. The summed E-state index contributed by atoms with van der Waals surface area (Å²) in [5.41, 5.74) is 10.4. The van der Waals surface area contributed by atoms with Crippen LogP contribution in [0.1, 0.15) is 36.8 Å². The highest BCUT2D eigenvalue weighted by Crippen LogP contribution is 2.34. The van der Waals surface area contributed by atoms with Gasteiger partial charge in [0, 0.05) is 11.1 Å². The molecule has 2 rings (SSSR count). The molecule has 0 saturated heterocycles. The molecule has 27 heavy (non-hydrogen) atoms. The number of nitrogens with zero attached hydrogens (tertiary/aromatic N) is 2. The van der Waals surface area contributed by atoms with Crippen molar-refractivity contribution in [2.75, 3.05) is 13.1 Å². The maximum Gasteiger partial charge on any atom is 0.238 e. The van der Waals surface area contributed by atoms with Gasteiger partial charge in [-0.3, -0.25) is 0 Å². The number of rotatable bonds is 9. The van der Waals surface area contributed by atoms with Crippen LogP contribution in [0.5, 0.6) is 0 Å². The SMILES string of the molecule is NCCCCCCN.O=C=NC(N=C=O)(c1ccccc1)c1ccccc1. The largest absolute Gasteiger partial charge is 0.330 e. The van der Waals surface area contributed by atoms with Crippen LogP contribution in [0.3, 0.4) is 0 Å². The predicted octanol–water partition coefficient (Wildman–Crippen LogP) is 3.02. The Bertz CT molecular complexity index is 672. The van der Waals surface area contributed by atoms with Gasteiger partial charge in [0.25, 0.3) is 0 Å². The van der Waals surface area contributed by atoms with E-state index in [9.17, 15) is 9.59 Å². The summed E-state index contributed by atoms with van der Waals surface area (Å²) in [6, 6.07) is 17.8. The normalized spacial score (nSPS) is 10.0. The van der Waals surface area contributed by atoms with Gasteiger partial charge in [0.15, 0.2) is 0 Å². The van der Waals surface area contributed by atoms with Crippen molar-refractivity contribution in [3.05, 3.63) is 71.8 Å². The van der Waals surface area contributed by atoms with Gasteiger partial charge in [-0.25, -0.2) is 9.59 Å². The fourth-order valence-electron chi connectivity index (χ4n) is 2.57. The third-order valence-corrected chi connectivity index (χ3v) is 3.93. The zero-order chi connectivity index (χ0) is 19.8. The van der Waals surface area contributed by atoms with E-state index in [2.05, 4.69) is 9.98 Å². The summed E-state index contributed by atoms with van der Waals surface area (Å²) in [6.45, 7) is 1.65. The zero-order valence-electron chi connectivity index (χ0n) is 15.4. The Morgan fingerprint density at radius 3 is 1.33 bits per heavy atom. The van der Waals surface area contributed by atoms with Crippen LogP contribution in [0.4, 0.5) is 0 Å². The monoisotopic (exact) mass is 366 g/mol. The summed E-state index contributed by atoms with van der Waals surface area (Å²) in [7, 11) is 0. The summed E-state index contributed by atoms with van der Waals surface area (Å²) in [4.78, 5) is 29.0. The van der Waals surface area contributed by atoms with Gasteiger partial charge in [0.2, 0.25) is 17.8 Å². The zero-order valence-corrected chi connectivity index (χ0v) is 15.4. The molecule has 0 atom stereocenters. The van der Waals surface area contributed by atoms with Gasteiger partial charge in [0.05, 0.1) is 0 Å². The third-order valence-electron chi connectivity index (χ3n) is 3.93. The van der Waals surface area contributed by atoms with E-state index in [1.165, 1.54) is 25.0 Å². The first-order chi connectivity index (χ1) is 13.2. The average Bonchev–Trinajstić information content (AvgIpc) is 2.73. The quantitative estimate of drug-likeness (QED) is 0.403. The number of benzene rings is 2. The number of isocyanates is 2. The van der Waals surface area contributed by atoms with Crippen LogP contribution in [0.25, 0.3) is 0 Å². The molecule has 0 heterocycles. The van der Waals surface area contributed by atoms with E-state index in [1.54, 1.807) is 48.5 Å². The number of hydrogen-bond acceptors (Lipinski definition) is 6. The van der Waals surface area contributed by atoms with Crippen molar-refractivity contribution in [3.8, 4) is 0 Å². The molecule has 2 aromatic carbocycles. The minimum absolute atomic E-state index is 0.605. The molecule has 0 unspecified atom stereocenters. The van der Waals surface area contributed by atoms with Crippen molar-refractivity contribution >= 4 is 12.2 Å². The van der Waals surface area contributed by atoms with Gasteiger partial charge in [-0.15, -0.1) is 0 Å². The molecule has 0 bridgehead atoms. The number of aliphatic imine (C=N–C) groups is 2. The summed E-state index contributed by atoms with van der Waals surface area (Å²) in [5, 5.41) is 0. The predicted molar refractivity (Wildman–Crippen MR) is 106 cm³/mol. The van der Waals surface area contributed by atoms with Crippen molar-refractivity contribution < 1.29 is 9.59 Å². The molecule has 0 aliphatic rings. The van der Waals surface area contributed by atoms with Crippen LogP contribution in [0.2, 0.25) is 0 Å². The van der Waals surface area contributed by atoms with E-state index in [0.29, 0.717) is 11.1 Å². The van der Waals surface area contributed by atoms with Gasteiger partial charge in [-0.2, -0.15) is 9.98 Å². The molecule has 0 aliphatic carbocycles. The van der Waals surface area contributed by atoms with Crippen molar-refractivity contribution in [2.45, 2.75) is 31.3 Å². The highest BCUT2D eigenvalue weighted by atomic mass is 16.1. The fraction of sp³-hybridized carbons (Fsp3) is 0.333. The maximum absolute atomic E-state index is 10.8. The van der Waals surface area contributed by atoms with Gasteiger partial charge in [-0.1, -0.05) is 73.5 Å². The summed E-state index contributed by atoms with van der Waals surface area (Å²) in [6.07, 6.45) is 7.78. The Hall–Kier alpha value is -2.88. The molecule has 0 saturated carbocycles. The molecular weight excluding hydrogens is 340 g/mol. The second-order valence-corrected chi connectivity index (χ2v) is 5.80.